The Balaban J connectivity index is 0.00000192. The van der Waals surface area contributed by atoms with E-state index in [2.05, 4.69) is 5.32 Å². The van der Waals surface area contributed by atoms with Gasteiger partial charge in [-0.2, -0.15) is 4.31 Å². The number of thiophene rings is 1. The lowest BCUT2D eigenvalue weighted by atomic mass is 10.1. The lowest BCUT2D eigenvalue weighted by Gasteiger charge is -2.24. The summed E-state index contributed by atoms with van der Waals surface area (Å²) >= 11 is 1.12. The lowest BCUT2D eigenvalue weighted by molar-refractivity contribution is 0.0602. The van der Waals surface area contributed by atoms with Gasteiger partial charge in [0.05, 0.1) is 7.11 Å². The molecule has 0 radical (unpaired) electrons. The number of hydrogen-bond acceptors (Lipinski definition) is 6. The van der Waals surface area contributed by atoms with Crippen LogP contribution in [-0.4, -0.2) is 51.0 Å². The zero-order chi connectivity index (χ0) is 15.9. The number of aryl methyl sites for hydroxylation is 1. The first-order chi connectivity index (χ1) is 10.4. The van der Waals surface area contributed by atoms with Crippen LogP contribution >= 0.6 is 23.7 Å². The molecule has 0 aromatic carbocycles. The van der Waals surface area contributed by atoms with E-state index in [9.17, 15) is 13.2 Å². The van der Waals surface area contributed by atoms with Gasteiger partial charge in [-0.25, -0.2) is 13.2 Å². The number of halogens is 1. The largest absolute Gasteiger partial charge is 0.465 e. The van der Waals surface area contributed by atoms with Crippen LogP contribution in [0.15, 0.2) is 10.3 Å². The van der Waals surface area contributed by atoms with Crippen LogP contribution in [0.5, 0.6) is 0 Å². The highest BCUT2D eigenvalue weighted by Gasteiger charge is 2.38. The Kier molecular flexibility index (Phi) is 5.73. The second kappa shape index (κ2) is 7.06. The maximum Gasteiger partial charge on any atom is 0.349 e. The molecule has 6 nitrogen and oxygen atoms in total. The summed E-state index contributed by atoms with van der Waals surface area (Å²) in [6.07, 6.45) is 2.93. The highest BCUT2D eigenvalue weighted by atomic mass is 35.5. The topological polar surface area (TPSA) is 75.7 Å². The molecule has 2 aliphatic heterocycles. The van der Waals surface area contributed by atoms with Gasteiger partial charge in [-0.3, -0.25) is 0 Å². The minimum atomic E-state index is -3.68. The second-order valence-corrected chi connectivity index (χ2v) is 8.61. The first-order valence-electron chi connectivity index (χ1n) is 7.36. The molecule has 3 rings (SSSR count). The first kappa shape index (κ1) is 18.7. The SMILES string of the molecule is COC(=O)c1scc(C)c1S(=O)(=O)N1CCC2CCC(C1)N2.Cl. The average Bonchev–Trinajstić information content (AvgIpc) is 3.00. The number of nitrogens with zero attached hydrogens (tertiary/aromatic N) is 1. The summed E-state index contributed by atoms with van der Waals surface area (Å²) in [5, 5.41) is 5.16. The standard InChI is InChI=1S/C14H20N2O4S2.ClH/c1-9-8-21-12(14(17)20-2)13(9)22(18,19)16-6-5-10-3-4-11(7-16)15-10;/h8,10-11,15H,3-7H2,1-2H3;1H. The van der Waals surface area contributed by atoms with Gasteiger partial charge in [-0.05, 0) is 37.1 Å². The Hall–Kier alpha value is -0.670. The molecule has 2 aliphatic rings. The van der Waals surface area contributed by atoms with Crippen molar-refractivity contribution in [2.45, 2.75) is 43.2 Å². The zero-order valence-corrected chi connectivity index (χ0v) is 15.5. The van der Waals surface area contributed by atoms with Crippen LogP contribution in [0.4, 0.5) is 0 Å². The fourth-order valence-corrected chi connectivity index (χ4v) is 6.40. The maximum absolute atomic E-state index is 13.0. The molecule has 0 aliphatic carbocycles. The van der Waals surface area contributed by atoms with Crippen LogP contribution in [0.25, 0.3) is 0 Å². The Bertz CT molecular complexity index is 689. The Labute approximate surface area is 146 Å². The van der Waals surface area contributed by atoms with Gasteiger partial charge in [0.15, 0.2) is 0 Å². The molecule has 1 aromatic rings. The molecule has 9 heteroatoms. The zero-order valence-electron chi connectivity index (χ0n) is 13.1. The van der Waals surface area contributed by atoms with E-state index < -0.39 is 16.0 Å². The fraction of sp³-hybridized carbons (Fsp3) is 0.643. The quantitative estimate of drug-likeness (QED) is 0.809. The summed E-state index contributed by atoms with van der Waals surface area (Å²) < 4.78 is 32.3. The van der Waals surface area contributed by atoms with Gasteiger partial charge in [-0.15, -0.1) is 23.7 Å². The van der Waals surface area contributed by atoms with Crippen molar-refractivity contribution in [3.05, 3.63) is 15.8 Å². The monoisotopic (exact) mass is 380 g/mol. The number of esters is 1. The normalized spacial score (nSPS) is 24.8. The molecule has 130 valence electrons. The van der Waals surface area contributed by atoms with E-state index in [4.69, 9.17) is 4.74 Å². The van der Waals surface area contributed by atoms with Crippen molar-refractivity contribution in [3.63, 3.8) is 0 Å². The minimum Gasteiger partial charge on any atom is -0.465 e. The van der Waals surface area contributed by atoms with E-state index in [0.717, 1.165) is 30.6 Å². The number of hydrogen-bond donors (Lipinski definition) is 1. The number of carbonyl (C=O) groups excluding carboxylic acids is 1. The molecule has 2 bridgehead atoms. The average molecular weight is 381 g/mol. The summed E-state index contributed by atoms with van der Waals surface area (Å²) in [6.45, 7) is 2.68. The van der Waals surface area contributed by atoms with Crippen LogP contribution in [0.2, 0.25) is 0 Å². The highest BCUT2D eigenvalue weighted by molar-refractivity contribution is 7.89. The van der Waals surface area contributed by atoms with Crippen molar-refractivity contribution in [1.82, 2.24) is 9.62 Å². The highest BCUT2D eigenvalue weighted by Crippen LogP contribution is 2.32. The van der Waals surface area contributed by atoms with Gasteiger partial charge in [0.1, 0.15) is 9.77 Å². The van der Waals surface area contributed by atoms with E-state index in [-0.39, 0.29) is 28.2 Å². The van der Waals surface area contributed by atoms with Gasteiger partial charge in [0.2, 0.25) is 10.0 Å². The Morgan fingerprint density at radius 1 is 1.35 bits per heavy atom. The molecule has 2 saturated heterocycles. The van der Waals surface area contributed by atoms with Crippen molar-refractivity contribution >= 4 is 39.7 Å². The molecular formula is C14H21ClN2O4S2. The number of ether oxygens (including phenoxy) is 1. The Morgan fingerprint density at radius 2 is 2.04 bits per heavy atom. The number of fused-ring (bicyclic) bond motifs is 2. The molecule has 0 saturated carbocycles. The molecule has 2 fully saturated rings. The number of methoxy groups -OCH3 is 1. The number of carbonyl (C=O) groups is 1. The van der Waals surface area contributed by atoms with E-state index in [0.29, 0.717) is 24.7 Å². The van der Waals surface area contributed by atoms with Gasteiger partial charge < -0.3 is 10.1 Å². The fourth-order valence-electron chi connectivity index (χ4n) is 3.25. The van der Waals surface area contributed by atoms with Crippen LogP contribution in [0.3, 0.4) is 0 Å². The van der Waals surface area contributed by atoms with E-state index >= 15 is 0 Å². The molecule has 1 N–H and O–H groups in total. The van der Waals surface area contributed by atoms with Gasteiger partial charge in [0, 0.05) is 25.2 Å². The van der Waals surface area contributed by atoms with Crippen LogP contribution < -0.4 is 5.32 Å². The predicted octanol–water partition coefficient (Wildman–Crippen LogP) is 1.78. The van der Waals surface area contributed by atoms with Crippen molar-refractivity contribution in [2.75, 3.05) is 20.2 Å². The lowest BCUT2D eigenvalue weighted by Crippen LogP contribution is -2.39. The summed E-state index contributed by atoms with van der Waals surface area (Å²) in [7, 11) is -2.41. The van der Waals surface area contributed by atoms with E-state index in [1.807, 2.05) is 0 Å². The summed E-state index contributed by atoms with van der Waals surface area (Å²) in [5.74, 6) is -0.592. The van der Waals surface area contributed by atoms with Gasteiger partial charge in [-0.1, -0.05) is 0 Å². The first-order valence-corrected chi connectivity index (χ1v) is 9.68. The van der Waals surface area contributed by atoms with Crippen LogP contribution in [-0.2, 0) is 14.8 Å². The summed E-state index contributed by atoms with van der Waals surface area (Å²) in [4.78, 5) is 12.1. The molecule has 2 unspecified atom stereocenters. The molecule has 23 heavy (non-hydrogen) atoms. The third-order valence-corrected chi connectivity index (χ3v) is 7.63. The summed E-state index contributed by atoms with van der Waals surface area (Å²) in [6, 6.07) is 0.622. The molecule has 0 spiro atoms. The number of nitrogens with one attached hydrogen (secondary N) is 1. The third-order valence-electron chi connectivity index (χ3n) is 4.37. The molecule has 0 amide bonds. The van der Waals surface area contributed by atoms with E-state index in [1.165, 1.54) is 11.4 Å². The third kappa shape index (κ3) is 3.41. The number of rotatable bonds is 3. The molecule has 1 aromatic heterocycles. The Morgan fingerprint density at radius 3 is 2.74 bits per heavy atom. The van der Waals surface area contributed by atoms with Gasteiger partial charge >= 0.3 is 5.97 Å². The maximum atomic E-state index is 13.0. The van der Waals surface area contributed by atoms with Crippen molar-refractivity contribution < 1.29 is 17.9 Å². The second-order valence-electron chi connectivity index (χ2n) is 5.86. The minimum absolute atomic E-state index is 0. The van der Waals surface area contributed by atoms with Gasteiger partial charge in [0.25, 0.3) is 0 Å². The molecule has 2 atom stereocenters. The van der Waals surface area contributed by atoms with Crippen LogP contribution in [0, 0.1) is 6.92 Å². The number of sulfonamides is 1. The van der Waals surface area contributed by atoms with Crippen molar-refractivity contribution in [3.8, 4) is 0 Å². The summed E-state index contributed by atoms with van der Waals surface area (Å²) in [5.41, 5.74) is 0.604. The van der Waals surface area contributed by atoms with Crippen molar-refractivity contribution in [2.24, 2.45) is 0 Å². The van der Waals surface area contributed by atoms with Crippen molar-refractivity contribution in [1.29, 1.82) is 0 Å². The smallest absolute Gasteiger partial charge is 0.349 e. The van der Waals surface area contributed by atoms with E-state index in [1.54, 1.807) is 12.3 Å². The molecular weight excluding hydrogens is 360 g/mol. The molecule has 3 heterocycles. The van der Waals surface area contributed by atoms with Crippen LogP contribution in [0.1, 0.15) is 34.5 Å². The predicted molar refractivity (Wildman–Crippen MR) is 91.0 cm³/mol.